The minimum atomic E-state index is 0.224. The van der Waals surface area contributed by atoms with Gasteiger partial charge in [0, 0.05) is 5.92 Å². The van der Waals surface area contributed by atoms with Crippen molar-refractivity contribution < 1.29 is 9.53 Å². The van der Waals surface area contributed by atoms with Crippen LogP contribution in [0.4, 0.5) is 0 Å². The molecule has 0 heterocycles. The van der Waals surface area contributed by atoms with E-state index in [0.717, 1.165) is 29.4 Å². The van der Waals surface area contributed by atoms with Gasteiger partial charge in [-0.2, -0.15) is 0 Å². The van der Waals surface area contributed by atoms with Gasteiger partial charge in [0.1, 0.15) is 12.0 Å². The largest absolute Gasteiger partial charge is 0.490 e. The summed E-state index contributed by atoms with van der Waals surface area (Å²) in [6.07, 6.45) is 13.5. The lowest BCUT2D eigenvalue weighted by Gasteiger charge is -2.61. The third-order valence-corrected chi connectivity index (χ3v) is 10.5. The average molecular weight is 409 g/mol. The van der Waals surface area contributed by atoms with Gasteiger partial charge in [0.25, 0.3) is 0 Å². The molecule has 0 saturated heterocycles. The Kier molecular flexibility index (Phi) is 5.27. The monoisotopic (exact) mass is 408 g/mol. The van der Waals surface area contributed by atoms with Crippen LogP contribution in [0.3, 0.4) is 0 Å². The molecule has 3 unspecified atom stereocenters. The summed E-state index contributed by atoms with van der Waals surface area (Å²) >= 11 is 0. The number of carbonyl (C=O) groups excluding carboxylic acids is 1. The molecule has 4 aliphatic carbocycles. The van der Waals surface area contributed by atoms with Crippen molar-refractivity contribution in [1.29, 1.82) is 0 Å². The maximum atomic E-state index is 11.6. The summed E-state index contributed by atoms with van der Waals surface area (Å²) in [6, 6.07) is 10.4. The first kappa shape index (κ1) is 20.6. The molecule has 1 aromatic rings. The number of hydrogen-bond donors (Lipinski definition) is 0. The van der Waals surface area contributed by atoms with Crippen molar-refractivity contribution in [1.82, 2.24) is 0 Å². The number of aldehydes is 1. The van der Waals surface area contributed by atoms with Crippen molar-refractivity contribution in [2.45, 2.75) is 84.7 Å². The Morgan fingerprint density at radius 1 is 0.933 bits per heavy atom. The van der Waals surface area contributed by atoms with Gasteiger partial charge in [0.05, 0.1) is 6.10 Å². The lowest BCUT2D eigenvalue weighted by atomic mass is 9.44. The first-order chi connectivity index (χ1) is 14.5. The van der Waals surface area contributed by atoms with Crippen LogP contribution in [0.2, 0.25) is 0 Å². The Bertz CT molecular complexity index is 759. The number of fused-ring (bicyclic) bond motifs is 5. The van der Waals surface area contributed by atoms with Crippen molar-refractivity contribution in [3.05, 3.63) is 30.3 Å². The van der Waals surface area contributed by atoms with Gasteiger partial charge >= 0.3 is 0 Å². The summed E-state index contributed by atoms with van der Waals surface area (Å²) < 4.78 is 6.48. The normalized spacial score (nSPS) is 46.2. The third kappa shape index (κ3) is 3.16. The molecule has 1 aromatic carbocycles. The Morgan fingerprint density at radius 3 is 2.43 bits per heavy atom. The van der Waals surface area contributed by atoms with Crippen LogP contribution < -0.4 is 4.74 Å². The molecule has 0 radical (unpaired) electrons. The average Bonchev–Trinajstić information content (AvgIpc) is 3.10. The van der Waals surface area contributed by atoms with Crippen molar-refractivity contribution in [2.24, 2.45) is 46.3 Å². The van der Waals surface area contributed by atoms with E-state index in [9.17, 15) is 4.79 Å². The highest BCUT2D eigenvalue weighted by atomic mass is 16.5. The van der Waals surface area contributed by atoms with E-state index in [1.54, 1.807) is 0 Å². The van der Waals surface area contributed by atoms with Gasteiger partial charge in [-0.25, -0.2) is 0 Å². The van der Waals surface area contributed by atoms with Crippen LogP contribution in [0.15, 0.2) is 30.3 Å². The van der Waals surface area contributed by atoms with E-state index in [-0.39, 0.29) is 5.92 Å². The fourth-order valence-corrected chi connectivity index (χ4v) is 9.10. The molecule has 4 saturated carbocycles. The number of hydrogen-bond acceptors (Lipinski definition) is 2. The highest BCUT2D eigenvalue weighted by molar-refractivity contribution is 5.53. The summed E-state index contributed by atoms with van der Waals surface area (Å²) in [4.78, 5) is 11.6. The molecule has 2 heteroatoms. The highest BCUT2D eigenvalue weighted by Gasteiger charge is 2.60. The second kappa shape index (κ2) is 7.68. The van der Waals surface area contributed by atoms with E-state index in [0.29, 0.717) is 22.9 Å². The lowest BCUT2D eigenvalue weighted by Crippen LogP contribution is -2.55. The van der Waals surface area contributed by atoms with E-state index in [4.69, 9.17) is 4.74 Å². The van der Waals surface area contributed by atoms with Crippen LogP contribution in [0.1, 0.15) is 78.6 Å². The maximum Gasteiger partial charge on any atom is 0.123 e. The predicted molar refractivity (Wildman–Crippen MR) is 121 cm³/mol. The Hall–Kier alpha value is -1.31. The second-order valence-electron chi connectivity index (χ2n) is 11.7. The van der Waals surface area contributed by atoms with Crippen molar-refractivity contribution in [3.63, 3.8) is 0 Å². The molecule has 9 atom stereocenters. The molecular weight excluding hydrogens is 368 g/mol. The van der Waals surface area contributed by atoms with E-state index >= 15 is 0 Å². The number of rotatable bonds is 4. The van der Waals surface area contributed by atoms with Crippen LogP contribution in [0.5, 0.6) is 5.75 Å². The summed E-state index contributed by atoms with van der Waals surface area (Å²) in [6.45, 7) is 7.34. The third-order valence-electron chi connectivity index (χ3n) is 10.5. The standard InChI is InChI=1S/C28H40O2/c1-19(18-29)24-13-14-25-23-12-10-20-9-11-22(30-21-7-5-4-6-8-21)17-28(20,3)26(23)15-16-27(24,25)2/h4-8,18-20,22-26H,9-17H2,1-3H3/t19?,20?,22?,23-,24+,25-,26-,27+,28-/m0/s1. The molecule has 164 valence electrons. The molecular formula is C28H40O2. The molecule has 2 nitrogen and oxygen atoms in total. The minimum Gasteiger partial charge on any atom is -0.490 e. The van der Waals surface area contributed by atoms with E-state index in [1.807, 2.05) is 0 Å². The smallest absolute Gasteiger partial charge is 0.123 e. The number of carbonyl (C=O) groups is 1. The topological polar surface area (TPSA) is 26.3 Å². The van der Waals surface area contributed by atoms with E-state index in [1.165, 1.54) is 64.1 Å². The molecule has 0 amide bonds. The molecule has 4 fully saturated rings. The zero-order chi connectivity index (χ0) is 20.9. The molecule has 0 aromatic heterocycles. The van der Waals surface area contributed by atoms with Gasteiger partial charge in [-0.05, 0) is 110 Å². The quantitative estimate of drug-likeness (QED) is 0.505. The van der Waals surface area contributed by atoms with Crippen LogP contribution in [0, 0.1) is 46.3 Å². The lowest BCUT2D eigenvalue weighted by molar-refractivity contribution is -0.132. The zero-order valence-electron chi connectivity index (χ0n) is 19.2. The molecule has 0 spiro atoms. The van der Waals surface area contributed by atoms with Crippen LogP contribution in [-0.2, 0) is 4.79 Å². The number of para-hydroxylation sites is 1. The van der Waals surface area contributed by atoms with Gasteiger partial charge in [0.15, 0.2) is 0 Å². The fraction of sp³-hybridized carbons (Fsp3) is 0.750. The Balaban J connectivity index is 1.36. The fourth-order valence-electron chi connectivity index (χ4n) is 9.10. The van der Waals surface area contributed by atoms with Crippen LogP contribution in [-0.4, -0.2) is 12.4 Å². The summed E-state index contributed by atoms with van der Waals surface area (Å²) in [5, 5.41) is 0. The predicted octanol–water partition coefficient (Wildman–Crippen LogP) is 6.93. The van der Waals surface area contributed by atoms with Crippen molar-refractivity contribution in [2.75, 3.05) is 0 Å². The molecule has 0 N–H and O–H groups in total. The van der Waals surface area contributed by atoms with Gasteiger partial charge in [-0.3, -0.25) is 0 Å². The number of ether oxygens (including phenoxy) is 1. The molecule has 0 aliphatic heterocycles. The maximum absolute atomic E-state index is 11.6. The first-order valence-electron chi connectivity index (χ1n) is 12.6. The van der Waals surface area contributed by atoms with E-state index in [2.05, 4.69) is 51.1 Å². The molecule has 0 bridgehead atoms. The van der Waals surface area contributed by atoms with Crippen LogP contribution in [0.25, 0.3) is 0 Å². The van der Waals surface area contributed by atoms with E-state index < -0.39 is 0 Å². The van der Waals surface area contributed by atoms with Gasteiger partial charge < -0.3 is 9.53 Å². The highest BCUT2D eigenvalue weighted by Crippen LogP contribution is 2.68. The first-order valence-corrected chi connectivity index (χ1v) is 12.6. The molecule has 30 heavy (non-hydrogen) atoms. The minimum absolute atomic E-state index is 0.224. The SMILES string of the molecule is CC(C=O)[C@H]1CC[C@H]2[C@@H]3CCC4CCC(Oc5ccccc5)C[C@]4(C)[C@H]3CC[C@]12C. The summed E-state index contributed by atoms with van der Waals surface area (Å²) in [5.74, 6) is 5.29. The number of benzene rings is 1. The van der Waals surface area contributed by atoms with Gasteiger partial charge in [0.2, 0.25) is 0 Å². The van der Waals surface area contributed by atoms with Gasteiger partial charge in [-0.1, -0.05) is 39.0 Å². The summed E-state index contributed by atoms with van der Waals surface area (Å²) in [5.41, 5.74) is 0.815. The Morgan fingerprint density at radius 2 is 1.67 bits per heavy atom. The van der Waals surface area contributed by atoms with Crippen molar-refractivity contribution in [3.8, 4) is 5.75 Å². The summed E-state index contributed by atoms with van der Waals surface area (Å²) in [7, 11) is 0. The Labute approximate surface area is 183 Å². The molecule has 5 rings (SSSR count). The van der Waals surface area contributed by atoms with Crippen LogP contribution >= 0.6 is 0 Å². The zero-order valence-corrected chi connectivity index (χ0v) is 19.2. The molecule has 4 aliphatic rings. The second-order valence-corrected chi connectivity index (χ2v) is 11.7. The van der Waals surface area contributed by atoms with Crippen molar-refractivity contribution >= 4 is 6.29 Å². The van der Waals surface area contributed by atoms with Gasteiger partial charge in [-0.15, -0.1) is 0 Å².